The summed E-state index contributed by atoms with van der Waals surface area (Å²) >= 11 is 0. The summed E-state index contributed by atoms with van der Waals surface area (Å²) in [6, 6.07) is 0. The zero-order valence-electron chi connectivity index (χ0n) is 7.43. The van der Waals surface area contributed by atoms with Gasteiger partial charge in [0.05, 0.1) is 0 Å². The summed E-state index contributed by atoms with van der Waals surface area (Å²) in [4.78, 5) is 0. The van der Waals surface area contributed by atoms with E-state index in [1.807, 2.05) is 25.2 Å². The Morgan fingerprint density at radius 1 is 1.00 bits per heavy atom. The maximum absolute atomic E-state index is 3.10. The molecule has 0 rings (SSSR count). The van der Waals surface area contributed by atoms with E-state index in [1.54, 1.807) is 0 Å². The highest BCUT2D eigenvalue weighted by atomic mass is 13.8. The molecule has 0 aliphatic carbocycles. The van der Waals surface area contributed by atoms with E-state index in [9.17, 15) is 0 Å². The van der Waals surface area contributed by atoms with Crippen LogP contribution in [-0.2, 0) is 0 Å². The van der Waals surface area contributed by atoms with Crippen molar-refractivity contribution >= 4 is 0 Å². The molecule has 0 spiro atoms. The van der Waals surface area contributed by atoms with Gasteiger partial charge >= 0.3 is 0 Å². The molecule has 0 aliphatic heterocycles. The van der Waals surface area contributed by atoms with Crippen LogP contribution in [-0.4, -0.2) is 0 Å². The molecule has 0 fully saturated rings. The third kappa shape index (κ3) is 9.04. The minimum Gasteiger partial charge on any atom is -0.130 e. The van der Waals surface area contributed by atoms with Gasteiger partial charge in [0, 0.05) is 0 Å². The molecule has 0 aromatic carbocycles. The van der Waals surface area contributed by atoms with Crippen molar-refractivity contribution in [3.05, 3.63) is 35.8 Å². The van der Waals surface area contributed by atoms with Crippen LogP contribution in [0.1, 0.15) is 33.1 Å². The molecule has 0 saturated carbocycles. The van der Waals surface area contributed by atoms with Crippen molar-refractivity contribution in [2.24, 2.45) is 0 Å². The van der Waals surface area contributed by atoms with Gasteiger partial charge in [-0.2, -0.15) is 0 Å². The zero-order valence-corrected chi connectivity index (χ0v) is 7.43. The lowest BCUT2D eigenvalue weighted by molar-refractivity contribution is 1.05. The predicted octanol–water partition coefficient (Wildman–Crippen LogP) is 3.62. The first-order valence-electron chi connectivity index (χ1n) is 4.16. The fourth-order valence-corrected chi connectivity index (χ4v) is 0.652. The Kier molecular flexibility index (Phi) is 8.25. The van der Waals surface area contributed by atoms with Crippen LogP contribution in [0.5, 0.6) is 0 Å². The second kappa shape index (κ2) is 9.04. The first kappa shape index (κ1) is 10.0. The Morgan fingerprint density at radius 3 is 2.18 bits per heavy atom. The highest BCUT2D eigenvalue weighted by Gasteiger charge is 1.71. The molecular weight excluding hydrogens is 132 g/mol. The molecule has 0 heterocycles. The Labute approximate surface area is 69.6 Å². The summed E-state index contributed by atoms with van der Waals surface area (Å²) in [5.74, 6) is 0. The zero-order chi connectivity index (χ0) is 8.36. The molecule has 0 aliphatic rings. The minimum atomic E-state index is 1.06. The van der Waals surface area contributed by atoms with E-state index in [0.29, 0.717) is 0 Å². The standard InChI is InChI=1S/C11H16/c1-3-5-7-9-11-10-8-6-4-2/h3,6-7,10H,4,9,11H2,1-2H3. The first-order chi connectivity index (χ1) is 5.41. The molecule has 0 heteroatoms. The third-order valence-corrected chi connectivity index (χ3v) is 1.18. The molecule has 0 atom stereocenters. The van der Waals surface area contributed by atoms with Gasteiger partial charge in [0.15, 0.2) is 0 Å². The van der Waals surface area contributed by atoms with Crippen LogP contribution in [0.25, 0.3) is 0 Å². The van der Waals surface area contributed by atoms with Crippen molar-refractivity contribution in [1.82, 2.24) is 0 Å². The smallest absolute Gasteiger partial charge is 0.0234 e. The molecule has 0 radical (unpaired) electrons. The van der Waals surface area contributed by atoms with E-state index in [2.05, 4.69) is 24.5 Å². The Bertz CT molecular complexity index is 184. The van der Waals surface area contributed by atoms with Crippen LogP contribution in [0.4, 0.5) is 0 Å². The molecule has 0 nitrogen and oxygen atoms in total. The van der Waals surface area contributed by atoms with Crippen LogP contribution < -0.4 is 0 Å². The monoisotopic (exact) mass is 148 g/mol. The summed E-state index contributed by atoms with van der Waals surface area (Å²) in [6.07, 6.45) is 11.3. The molecule has 0 amide bonds. The average Bonchev–Trinajstić information content (AvgIpc) is 2.03. The summed E-state index contributed by atoms with van der Waals surface area (Å²) in [6.45, 7) is 4.09. The SMILES string of the molecule is CC=C=CCCC=C=CCC. The van der Waals surface area contributed by atoms with Gasteiger partial charge in [0.1, 0.15) is 0 Å². The molecule has 0 saturated heterocycles. The first-order valence-corrected chi connectivity index (χ1v) is 4.16. The molecule has 0 N–H and O–H groups in total. The van der Waals surface area contributed by atoms with Crippen molar-refractivity contribution in [2.45, 2.75) is 33.1 Å². The molecular formula is C11H16. The van der Waals surface area contributed by atoms with Gasteiger partial charge in [0.2, 0.25) is 0 Å². The van der Waals surface area contributed by atoms with Crippen molar-refractivity contribution < 1.29 is 0 Å². The minimum absolute atomic E-state index is 1.06. The molecule has 0 unspecified atom stereocenters. The number of unbranched alkanes of at least 4 members (excludes halogenated alkanes) is 1. The lowest BCUT2D eigenvalue weighted by atomic mass is 10.3. The van der Waals surface area contributed by atoms with Gasteiger partial charge in [-0.05, 0) is 50.5 Å². The predicted molar refractivity (Wildman–Crippen MR) is 50.5 cm³/mol. The highest BCUT2D eigenvalue weighted by Crippen LogP contribution is 1.90. The topological polar surface area (TPSA) is 0 Å². The summed E-state index contributed by atoms with van der Waals surface area (Å²) in [5.41, 5.74) is 6.14. The number of allylic oxidation sites excluding steroid dienone is 2. The Balaban J connectivity index is 3.42. The van der Waals surface area contributed by atoms with E-state index in [1.165, 1.54) is 0 Å². The molecule has 0 bridgehead atoms. The highest BCUT2D eigenvalue weighted by molar-refractivity contribution is 4.88. The van der Waals surface area contributed by atoms with Gasteiger partial charge in [-0.3, -0.25) is 0 Å². The van der Waals surface area contributed by atoms with Crippen molar-refractivity contribution in [3.63, 3.8) is 0 Å². The normalized spacial score (nSPS) is 7.45. The fourth-order valence-electron chi connectivity index (χ4n) is 0.652. The maximum Gasteiger partial charge on any atom is -0.0234 e. The lowest BCUT2D eigenvalue weighted by Gasteiger charge is -1.79. The van der Waals surface area contributed by atoms with E-state index >= 15 is 0 Å². The van der Waals surface area contributed by atoms with E-state index < -0.39 is 0 Å². The number of hydrogen-bond donors (Lipinski definition) is 0. The van der Waals surface area contributed by atoms with E-state index in [-0.39, 0.29) is 0 Å². The fraction of sp³-hybridized carbons (Fsp3) is 0.455. The molecule has 11 heavy (non-hydrogen) atoms. The molecule has 0 aromatic rings. The van der Waals surface area contributed by atoms with Crippen molar-refractivity contribution in [1.29, 1.82) is 0 Å². The Hall–Kier alpha value is -0.960. The van der Waals surface area contributed by atoms with E-state index in [0.717, 1.165) is 19.3 Å². The van der Waals surface area contributed by atoms with Crippen molar-refractivity contribution in [2.75, 3.05) is 0 Å². The number of hydrogen-bond acceptors (Lipinski definition) is 0. The van der Waals surface area contributed by atoms with Gasteiger partial charge in [-0.1, -0.05) is 6.92 Å². The van der Waals surface area contributed by atoms with Crippen LogP contribution in [0.15, 0.2) is 35.8 Å². The quantitative estimate of drug-likeness (QED) is 0.422. The second-order valence-electron chi connectivity index (χ2n) is 2.22. The molecule has 0 aromatic heterocycles. The summed E-state index contributed by atoms with van der Waals surface area (Å²) in [5, 5.41) is 0. The third-order valence-electron chi connectivity index (χ3n) is 1.18. The van der Waals surface area contributed by atoms with Crippen LogP contribution >= 0.6 is 0 Å². The largest absolute Gasteiger partial charge is 0.130 e. The van der Waals surface area contributed by atoms with Gasteiger partial charge in [0.25, 0.3) is 0 Å². The Morgan fingerprint density at radius 2 is 1.64 bits per heavy atom. The van der Waals surface area contributed by atoms with Gasteiger partial charge in [-0.15, -0.1) is 11.5 Å². The summed E-state index contributed by atoms with van der Waals surface area (Å²) < 4.78 is 0. The second-order valence-corrected chi connectivity index (χ2v) is 2.22. The van der Waals surface area contributed by atoms with Gasteiger partial charge < -0.3 is 0 Å². The van der Waals surface area contributed by atoms with Crippen LogP contribution in [0.2, 0.25) is 0 Å². The van der Waals surface area contributed by atoms with E-state index in [4.69, 9.17) is 0 Å². The van der Waals surface area contributed by atoms with Crippen LogP contribution in [0.3, 0.4) is 0 Å². The number of rotatable bonds is 4. The summed E-state index contributed by atoms with van der Waals surface area (Å²) in [7, 11) is 0. The van der Waals surface area contributed by atoms with Gasteiger partial charge in [-0.25, -0.2) is 0 Å². The molecule has 60 valence electrons. The maximum atomic E-state index is 3.10. The van der Waals surface area contributed by atoms with Crippen molar-refractivity contribution in [3.8, 4) is 0 Å². The average molecular weight is 148 g/mol. The lowest BCUT2D eigenvalue weighted by Crippen LogP contribution is -1.59. The van der Waals surface area contributed by atoms with Crippen LogP contribution in [0, 0.1) is 0 Å².